The van der Waals surface area contributed by atoms with E-state index in [1.807, 2.05) is 0 Å². The highest BCUT2D eigenvalue weighted by Crippen LogP contribution is 2.62. The molecule has 1 fully saturated rings. The summed E-state index contributed by atoms with van der Waals surface area (Å²) in [5, 5.41) is 0.257. The van der Waals surface area contributed by atoms with Gasteiger partial charge >= 0.3 is 0 Å². The molecule has 2 heteroatoms. The Balaban J connectivity index is 1.50. The van der Waals surface area contributed by atoms with Gasteiger partial charge in [-0.3, -0.25) is 0 Å². The molecule has 4 rings (SSSR count). The zero-order valence-electron chi connectivity index (χ0n) is 11.8. The summed E-state index contributed by atoms with van der Waals surface area (Å²) in [5.74, 6) is 2.20. The van der Waals surface area contributed by atoms with Gasteiger partial charge in [0.15, 0.2) is 0 Å². The van der Waals surface area contributed by atoms with Crippen LogP contribution in [0.3, 0.4) is 0 Å². The Morgan fingerprint density at radius 1 is 1.10 bits per heavy atom. The van der Waals surface area contributed by atoms with E-state index in [1.54, 1.807) is 11.1 Å². The minimum absolute atomic E-state index is 0.257. The number of aryl methyl sites for hydroxylation is 1. The van der Waals surface area contributed by atoms with Crippen LogP contribution in [0.5, 0.6) is 0 Å². The normalized spacial score (nSPS) is 27.6. The fourth-order valence-corrected chi connectivity index (χ4v) is 4.88. The summed E-state index contributed by atoms with van der Waals surface area (Å²) in [5.41, 5.74) is 4.46. The van der Waals surface area contributed by atoms with Crippen LogP contribution in [0.4, 0.5) is 0 Å². The zero-order chi connectivity index (χ0) is 14.4. The van der Waals surface area contributed by atoms with E-state index in [-0.39, 0.29) is 5.38 Å². The highest BCUT2D eigenvalue weighted by atomic mass is 79.9. The van der Waals surface area contributed by atoms with Gasteiger partial charge in [-0.05, 0) is 65.8 Å². The Morgan fingerprint density at radius 3 is 2.67 bits per heavy atom. The predicted octanol–water partition coefficient (Wildman–Crippen LogP) is 5.58. The number of halogens is 2. The minimum atomic E-state index is 0.257. The molecule has 4 atom stereocenters. The maximum Gasteiger partial charge on any atom is 0.0413 e. The molecule has 0 heterocycles. The van der Waals surface area contributed by atoms with Gasteiger partial charge < -0.3 is 0 Å². The van der Waals surface area contributed by atoms with Gasteiger partial charge in [0.05, 0.1) is 0 Å². The van der Waals surface area contributed by atoms with Crippen molar-refractivity contribution >= 4 is 27.5 Å². The van der Waals surface area contributed by atoms with Gasteiger partial charge in [-0.1, -0.05) is 52.3 Å². The fraction of sp³-hybridized carbons (Fsp3) is 0.368. The number of fused-ring (bicyclic) bond motifs is 3. The lowest BCUT2D eigenvalue weighted by Crippen LogP contribution is -2.08. The van der Waals surface area contributed by atoms with Gasteiger partial charge in [-0.25, -0.2) is 0 Å². The van der Waals surface area contributed by atoms with Crippen LogP contribution in [0.25, 0.3) is 0 Å². The first-order valence-corrected chi connectivity index (χ1v) is 8.93. The van der Waals surface area contributed by atoms with Crippen molar-refractivity contribution in [1.29, 1.82) is 0 Å². The second-order valence-corrected chi connectivity index (χ2v) is 7.83. The van der Waals surface area contributed by atoms with Crippen LogP contribution in [-0.2, 0) is 12.8 Å². The summed E-state index contributed by atoms with van der Waals surface area (Å²) in [7, 11) is 0. The van der Waals surface area contributed by atoms with Crippen molar-refractivity contribution in [2.45, 2.75) is 30.6 Å². The molecule has 1 saturated carbocycles. The van der Waals surface area contributed by atoms with E-state index in [0.29, 0.717) is 11.8 Å². The standard InChI is InChI=1S/C19H18BrCl/c20-14-8-5-12(6-9-14)11-17(21)19-16-10-7-13-3-1-2-4-15(13)18(16)19/h1-6,8-9,16-19H,7,10-11H2. The molecule has 0 aromatic heterocycles. The van der Waals surface area contributed by atoms with Crippen LogP contribution in [0.2, 0.25) is 0 Å². The van der Waals surface area contributed by atoms with Crippen molar-refractivity contribution in [2.75, 3.05) is 0 Å². The maximum absolute atomic E-state index is 6.78. The van der Waals surface area contributed by atoms with E-state index in [0.717, 1.165) is 16.8 Å². The summed E-state index contributed by atoms with van der Waals surface area (Å²) in [4.78, 5) is 0. The van der Waals surface area contributed by atoms with E-state index in [9.17, 15) is 0 Å². The average Bonchev–Trinajstić information content (AvgIpc) is 3.25. The first-order chi connectivity index (χ1) is 10.2. The number of rotatable bonds is 3. The Hall–Kier alpha value is -0.790. The fourth-order valence-electron chi connectivity index (χ4n) is 4.09. The summed E-state index contributed by atoms with van der Waals surface area (Å²) >= 11 is 10.3. The van der Waals surface area contributed by atoms with Crippen molar-refractivity contribution in [1.82, 2.24) is 0 Å². The summed E-state index contributed by atoms with van der Waals surface area (Å²) in [6, 6.07) is 17.5. The molecule has 21 heavy (non-hydrogen) atoms. The molecule has 0 amide bonds. The molecule has 2 aliphatic carbocycles. The van der Waals surface area contributed by atoms with E-state index in [1.165, 1.54) is 18.4 Å². The Bertz CT molecular complexity index is 649. The summed E-state index contributed by atoms with van der Waals surface area (Å²) in [6.45, 7) is 0. The lowest BCUT2D eigenvalue weighted by Gasteiger charge is -2.13. The van der Waals surface area contributed by atoms with Crippen LogP contribution in [0.15, 0.2) is 53.0 Å². The van der Waals surface area contributed by atoms with Crippen LogP contribution in [-0.4, -0.2) is 5.38 Å². The number of alkyl halides is 1. The molecule has 108 valence electrons. The lowest BCUT2D eigenvalue weighted by atomic mass is 9.92. The van der Waals surface area contributed by atoms with Crippen molar-refractivity contribution < 1.29 is 0 Å². The molecule has 0 nitrogen and oxygen atoms in total. The van der Waals surface area contributed by atoms with Gasteiger partial charge in [0, 0.05) is 9.85 Å². The molecular formula is C19H18BrCl. The predicted molar refractivity (Wildman–Crippen MR) is 92.0 cm³/mol. The second kappa shape index (κ2) is 5.44. The molecule has 0 N–H and O–H groups in total. The zero-order valence-corrected chi connectivity index (χ0v) is 14.1. The SMILES string of the molecule is ClC(Cc1ccc(Br)cc1)C1C2CCc3ccccc3C21. The Labute approximate surface area is 139 Å². The Morgan fingerprint density at radius 2 is 1.86 bits per heavy atom. The van der Waals surface area contributed by atoms with Crippen molar-refractivity contribution in [3.8, 4) is 0 Å². The van der Waals surface area contributed by atoms with Gasteiger partial charge in [0.2, 0.25) is 0 Å². The molecule has 2 aliphatic rings. The van der Waals surface area contributed by atoms with Crippen molar-refractivity contribution in [2.24, 2.45) is 11.8 Å². The van der Waals surface area contributed by atoms with Crippen LogP contribution < -0.4 is 0 Å². The van der Waals surface area contributed by atoms with Crippen molar-refractivity contribution in [3.63, 3.8) is 0 Å². The largest absolute Gasteiger partial charge is 0.122 e. The molecule has 0 spiro atoms. The number of hydrogen-bond acceptors (Lipinski definition) is 0. The van der Waals surface area contributed by atoms with Crippen molar-refractivity contribution in [3.05, 3.63) is 69.7 Å². The monoisotopic (exact) mass is 360 g/mol. The Kier molecular flexibility index (Phi) is 3.59. The highest BCUT2D eigenvalue weighted by molar-refractivity contribution is 9.10. The first kappa shape index (κ1) is 13.8. The number of hydrogen-bond donors (Lipinski definition) is 0. The molecule has 2 aromatic rings. The summed E-state index contributed by atoms with van der Waals surface area (Å²) in [6.07, 6.45) is 3.53. The van der Waals surface area contributed by atoms with Gasteiger partial charge in [-0.2, -0.15) is 0 Å². The van der Waals surface area contributed by atoms with Gasteiger partial charge in [0.1, 0.15) is 0 Å². The molecule has 0 saturated heterocycles. The van der Waals surface area contributed by atoms with E-state index < -0.39 is 0 Å². The van der Waals surface area contributed by atoms with E-state index in [4.69, 9.17) is 11.6 Å². The van der Waals surface area contributed by atoms with E-state index >= 15 is 0 Å². The maximum atomic E-state index is 6.78. The third-order valence-corrected chi connectivity index (χ3v) is 6.13. The van der Waals surface area contributed by atoms with Crippen LogP contribution in [0.1, 0.15) is 29.0 Å². The summed E-state index contributed by atoms with van der Waals surface area (Å²) < 4.78 is 1.13. The van der Waals surface area contributed by atoms with Crippen LogP contribution >= 0.6 is 27.5 Å². The second-order valence-electron chi connectivity index (χ2n) is 6.35. The molecule has 2 aromatic carbocycles. The van der Waals surface area contributed by atoms with Gasteiger partial charge in [-0.15, -0.1) is 11.6 Å². The molecule has 0 radical (unpaired) electrons. The highest BCUT2D eigenvalue weighted by Gasteiger charge is 2.55. The first-order valence-electron chi connectivity index (χ1n) is 7.70. The third-order valence-electron chi connectivity index (χ3n) is 5.15. The molecular weight excluding hydrogens is 344 g/mol. The topological polar surface area (TPSA) is 0 Å². The lowest BCUT2D eigenvalue weighted by molar-refractivity contribution is 0.610. The number of benzene rings is 2. The average molecular weight is 362 g/mol. The minimum Gasteiger partial charge on any atom is -0.122 e. The smallest absolute Gasteiger partial charge is 0.0413 e. The quantitative estimate of drug-likeness (QED) is 0.626. The molecule has 0 aliphatic heterocycles. The molecule has 4 unspecified atom stereocenters. The van der Waals surface area contributed by atoms with Gasteiger partial charge in [0.25, 0.3) is 0 Å². The molecule has 0 bridgehead atoms. The third kappa shape index (κ3) is 2.55. The van der Waals surface area contributed by atoms with Crippen LogP contribution in [0, 0.1) is 11.8 Å². The van der Waals surface area contributed by atoms with E-state index in [2.05, 4.69) is 64.5 Å².